The first kappa shape index (κ1) is 15.5. The smallest absolute Gasteiger partial charge is 0.0449 e. The highest BCUT2D eigenvalue weighted by molar-refractivity contribution is 6.76. The molecule has 1 atom stereocenters. The molecule has 2 heteroatoms. The molecule has 1 unspecified atom stereocenters. The largest absolute Gasteiger partial charge is 0.316 e. The van der Waals surface area contributed by atoms with E-state index in [-0.39, 0.29) is 0 Å². The predicted octanol–water partition coefficient (Wildman–Crippen LogP) is 4.42. The average molecular weight is 264 g/mol. The maximum Gasteiger partial charge on any atom is 0.0449 e. The number of rotatable bonds is 7. The van der Waals surface area contributed by atoms with Crippen molar-refractivity contribution in [2.45, 2.75) is 51.9 Å². The van der Waals surface area contributed by atoms with Crippen molar-refractivity contribution in [2.75, 3.05) is 13.1 Å². The summed E-state index contributed by atoms with van der Waals surface area (Å²) in [6.07, 6.45) is 1.22. The van der Waals surface area contributed by atoms with Gasteiger partial charge in [0.1, 0.15) is 0 Å². The first-order chi connectivity index (χ1) is 8.42. The Morgan fingerprint density at radius 2 is 1.72 bits per heavy atom. The second kappa shape index (κ2) is 7.10. The summed E-state index contributed by atoms with van der Waals surface area (Å²) < 4.78 is 0. The summed E-state index contributed by atoms with van der Waals surface area (Å²) in [6.45, 7) is 14.0. The molecule has 0 spiro atoms. The van der Waals surface area contributed by atoms with Crippen LogP contribution in [0.25, 0.3) is 0 Å². The van der Waals surface area contributed by atoms with E-state index in [0.29, 0.717) is 5.92 Å². The van der Waals surface area contributed by atoms with E-state index in [1.165, 1.54) is 23.6 Å². The summed E-state index contributed by atoms with van der Waals surface area (Å²) in [5.41, 5.74) is 2.86. The minimum atomic E-state index is -1.02. The molecule has 0 aliphatic heterocycles. The minimum Gasteiger partial charge on any atom is -0.316 e. The van der Waals surface area contributed by atoms with Gasteiger partial charge in [0.25, 0.3) is 0 Å². The molecule has 0 saturated carbocycles. The molecule has 0 aliphatic carbocycles. The predicted molar refractivity (Wildman–Crippen MR) is 85.2 cm³/mol. The Labute approximate surface area is 114 Å². The normalized spacial score (nSPS) is 13.6. The van der Waals surface area contributed by atoms with Crippen LogP contribution in [0.4, 0.5) is 0 Å². The van der Waals surface area contributed by atoms with Gasteiger partial charge in [-0.2, -0.15) is 0 Å². The third-order valence-electron chi connectivity index (χ3n) is 3.23. The highest BCUT2D eigenvalue weighted by atomic mass is 28.3. The van der Waals surface area contributed by atoms with Crippen LogP contribution < -0.4 is 5.32 Å². The van der Waals surface area contributed by atoms with Crippen molar-refractivity contribution >= 4 is 8.07 Å². The number of hydrogen-bond acceptors (Lipinski definition) is 1. The van der Waals surface area contributed by atoms with Crippen molar-refractivity contribution in [1.29, 1.82) is 0 Å². The van der Waals surface area contributed by atoms with E-state index in [0.717, 1.165) is 13.1 Å². The highest BCUT2D eigenvalue weighted by Crippen LogP contribution is 2.26. The van der Waals surface area contributed by atoms with Crippen LogP contribution in [-0.2, 0) is 0 Å². The van der Waals surface area contributed by atoms with Gasteiger partial charge in [-0.15, -0.1) is 0 Å². The van der Waals surface area contributed by atoms with Crippen LogP contribution in [0, 0.1) is 6.92 Å². The van der Waals surface area contributed by atoms with Gasteiger partial charge >= 0.3 is 0 Å². The molecule has 0 aromatic heterocycles. The third-order valence-corrected chi connectivity index (χ3v) is 4.94. The van der Waals surface area contributed by atoms with Crippen LogP contribution in [0.5, 0.6) is 0 Å². The van der Waals surface area contributed by atoms with Crippen LogP contribution in [0.1, 0.15) is 30.4 Å². The summed E-state index contributed by atoms with van der Waals surface area (Å²) in [5, 5.41) is 3.59. The molecule has 0 radical (unpaired) electrons. The van der Waals surface area contributed by atoms with Gasteiger partial charge in [-0.05, 0) is 37.4 Å². The molecule has 0 aliphatic rings. The molecule has 0 fully saturated rings. The van der Waals surface area contributed by atoms with Crippen molar-refractivity contribution in [3.05, 3.63) is 35.4 Å². The van der Waals surface area contributed by atoms with Gasteiger partial charge < -0.3 is 5.32 Å². The molecule has 1 nitrogen and oxygen atoms in total. The maximum absolute atomic E-state index is 3.59. The molecule has 1 rings (SSSR count). The molecule has 1 N–H and O–H groups in total. The minimum absolute atomic E-state index is 0.684. The zero-order valence-electron chi connectivity index (χ0n) is 12.7. The molecular weight excluding hydrogens is 234 g/mol. The standard InChI is InChI=1S/C16H29NSi/c1-6-11-17-12-16(13-18(3,4)5)15-9-7-14(2)8-10-15/h7-10,16-17H,6,11-13H2,1-5H3. The van der Waals surface area contributed by atoms with Gasteiger partial charge in [0.15, 0.2) is 0 Å². The Kier molecular flexibility index (Phi) is 6.10. The number of aryl methyl sites for hydroxylation is 1. The van der Waals surface area contributed by atoms with E-state index in [4.69, 9.17) is 0 Å². The Morgan fingerprint density at radius 3 is 2.22 bits per heavy atom. The first-order valence-corrected chi connectivity index (χ1v) is 10.9. The summed E-state index contributed by atoms with van der Waals surface area (Å²) >= 11 is 0. The van der Waals surface area contributed by atoms with Crippen LogP contribution in [0.15, 0.2) is 24.3 Å². The fourth-order valence-electron chi connectivity index (χ4n) is 2.34. The van der Waals surface area contributed by atoms with Gasteiger partial charge in [-0.25, -0.2) is 0 Å². The Bertz CT molecular complexity index is 337. The van der Waals surface area contributed by atoms with Crippen molar-refractivity contribution in [3.8, 4) is 0 Å². The Morgan fingerprint density at radius 1 is 1.11 bits per heavy atom. The fraction of sp³-hybridized carbons (Fsp3) is 0.625. The van der Waals surface area contributed by atoms with Crippen LogP contribution in [0.2, 0.25) is 25.7 Å². The first-order valence-electron chi connectivity index (χ1n) is 7.19. The molecule has 0 amide bonds. The highest BCUT2D eigenvalue weighted by Gasteiger charge is 2.21. The van der Waals surface area contributed by atoms with Gasteiger partial charge in [0, 0.05) is 14.6 Å². The lowest BCUT2D eigenvalue weighted by Gasteiger charge is -2.25. The van der Waals surface area contributed by atoms with Gasteiger partial charge in [0.2, 0.25) is 0 Å². The lowest BCUT2D eigenvalue weighted by molar-refractivity contribution is 0.604. The van der Waals surface area contributed by atoms with Crippen LogP contribution >= 0.6 is 0 Å². The van der Waals surface area contributed by atoms with E-state index in [1.807, 2.05) is 0 Å². The second-order valence-electron chi connectivity index (χ2n) is 6.58. The lowest BCUT2D eigenvalue weighted by atomic mass is 10.00. The quantitative estimate of drug-likeness (QED) is 0.567. The van der Waals surface area contributed by atoms with Crippen molar-refractivity contribution in [1.82, 2.24) is 5.32 Å². The van der Waals surface area contributed by atoms with Crippen molar-refractivity contribution < 1.29 is 0 Å². The van der Waals surface area contributed by atoms with Crippen LogP contribution in [-0.4, -0.2) is 21.2 Å². The molecule has 0 heterocycles. The molecule has 1 aromatic rings. The summed E-state index contributed by atoms with van der Waals surface area (Å²) in [4.78, 5) is 0. The molecule has 1 aromatic carbocycles. The van der Waals surface area contributed by atoms with E-state index >= 15 is 0 Å². The second-order valence-corrected chi connectivity index (χ2v) is 12.1. The van der Waals surface area contributed by atoms with Crippen molar-refractivity contribution in [2.24, 2.45) is 0 Å². The average Bonchev–Trinajstić information content (AvgIpc) is 2.27. The van der Waals surface area contributed by atoms with E-state index in [1.54, 1.807) is 0 Å². The topological polar surface area (TPSA) is 12.0 Å². The number of benzene rings is 1. The SMILES string of the molecule is CCCNCC(C[Si](C)(C)C)c1ccc(C)cc1. The summed E-state index contributed by atoms with van der Waals surface area (Å²) in [6, 6.07) is 10.5. The summed E-state index contributed by atoms with van der Waals surface area (Å²) in [7, 11) is -1.02. The molecule has 18 heavy (non-hydrogen) atoms. The molecular formula is C16H29NSi. The van der Waals surface area contributed by atoms with E-state index in [9.17, 15) is 0 Å². The zero-order chi connectivity index (χ0) is 13.6. The lowest BCUT2D eigenvalue weighted by Crippen LogP contribution is -2.29. The van der Waals surface area contributed by atoms with E-state index in [2.05, 4.69) is 63.1 Å². The van der Waals surface area contributed by atoms with Crippen molar-refractivity contribution in [3.63, 3.8) is 0 Å². The molecule has 102 valence electrons. The summed E-state index contributed by atoms with van der Waals surface area (Å²) in [5.74, 6) is 0.684. The van der Waals surface area contributed by atoms with Crippen LogP contribution in [0.3, 0.4) is 0 Å². The number of hydrogen-bond donors (Lipinski definition) is 1. The molecule has 0 bridgehead atoms. The maximum atomic E-state index is 3.59. The zero-order valence-corrected chi connectivity index (χ0v) is 13.7. The number of nitrogens with one attached hydrogen (secondary N) is 1. The fourth-order valence-corrected chi connectivity index (χ4v) is 4.20. The van der Waals surface area contributed by atoms with Gasteiger partial charge in [-0.1, -0.05) is 56.4 Å². The molecule has 0 saturated heterocycles. The monoisotopic (exact) mass is 263 g/mol. The Balaban J connectivity index is 2.72. The Hall–Kier alpha value is -0.603. The third kappa shape index (κ3) is 5.83. The van der Waals surface area contributed by atoms with Gasteiger partial charge in [-0.3, -0.25) is 0 Å². The van der Waals surface area contributed by atoms with E-state index < -0.39 is 8.07 Å². The van der Waals surface area contributed by atoms with Gasteiger partial charge in [0.05, 0.1) is 0 Å².